The first-order valence-electron chi connectivity index (χ1n) is 8.96. The molecule has 0 spiro atoms. The van der Waals surface area contributed by atoms with E-state index >= 15 is 0 Å². The van der Waals surface area contributed by atoms with Gasteiger partial charge in [-0.1, -0.05) is 0 Å². The molecule has 0 radical (unpaired) electrons. The molecule has 2 saturated heterocycles. The summed E-state index contributed by atoms with van der Waals surface area (Å²) in [4.78, 5) is 9.29. The maximum absolute atomic E-state index is 6.01. The van der Waals surface area contributed by atoms with Crippen LogP contribution in [-0.4, -0.2) is 56.8 Å². The third-order valence-electron chi connectivity index (χ3n) is 5.34. The van der Waals surface area contributed by atoms with Crippen LogP contribution in [0.2, 0.25) is 0 Å². The number of methoxy groups -OCH3 is 2. The summed E-state index contributed by atoms with van der Waals surface area (Å²) in [5.41, 5.74) is 1.12. The molecule has 0 N–H and O–H groups in total. The van der Waals surface area contributed by atoms with Gasteiger partial charge in [0.25, 0.3) is 0 Å². The minimum absolute atomic E-state index is 0.643. The Labute approximate surface area is 154 Å². The van der Waals surface area contributed by atoms with E-state index in [4.69, 9.17) is 14.2 Å². The van der Waals surface area contributed by atoms with Gasteiger partial charge in [0.2, 0.25) is 0 Å². The van der Waals surface area contributed by atoms with Crippen molar-refractivity contribution in [3.63, 3.8) is 0 Å². The Morgan fingerprint density at radius 2 is 1.81 bits per heavy atom. The normalized spacial score (nSPS) is 22.3. The van der Waals surface area contributed by atoms with Crippen LogP contribution < -0.4 is 19.1 Å². The Kier molecular flexibility index (Phi) is 4.59. The molecule has 138 valence electrons. The zero-order valence-corrected chi connectivity index (χ0v) is 15.5. The number of aromatic nitrogens is 1. The molecule has 0 saturated carbocycles. The van der Waals surface area contributed by atoms with Gasteiger partial charge >= 0.3 is 0 Å². The summed E-state index contributed by atoms with van der Waals surface area (Å²) >= 11 is 0. The topological polar surface area (TPSA) is 47.1 Å². The summed E-state index contributed by atoms with van der Waals surface area (Å²) in [6.45, 7) is 3.33. The average Bonchev–Trinajstić information content (AvgIpc) is 2.93. The fourth-order valence-electron chi connectivity index (χ4n) is 4.05. The Balaban J connectivity index is 1.51. The lowest BCUT2D eigenvalue weighted by Gasteiger charge is -2.33. The van der Waals surface area contributed by atoms with Crippen molar-refractivity contribution in [2.24, 2.45) is 5.92 Å². The van der Waals surface area contributed by atoms with Crippen molar-refractivity contribution in [1.29, 1.82) is 0 Å². The molecule has 4 rings (SSSR count). The summed E-state index contributed by atoms with van der Waals surface area (Å²) in [5.74, 6) is 3.49. The largest absolute Gasteiger partial charge is 0.493 e. The lowest BCUT2D eigenvalue weighted by Crippen LogP contribution is -2.41. The molecule has 2 aromatic rings. The van der Waals surface area contributed by atoms with Crippen molar-refractivity contribution in [3.05, 3.63) is 36.7 Å². The molecule has 2 aliphatic heterocycles. The molecular weight excluding hydrogens is 330 g/mol. The van der Waals surface area contributed by atoms with Gasteiger partial charge in [-0.3, -0.25) is 4.98 Å². The van der Waals surface area contributed by atoms with Gasteiger partial charge in [-0.15, -0.1) is 0 Å². The smallest absolute Gasteiger partial charge is 0.164 e. The zero-order valence-electron chi connectivity index (χ0n) is 15.5. The summed E-state index contributed by atoms with van der Waals surface area (Å²) in [6, 6.07) is 8.23. The van der Waals surface area contributed by atoms with E-state index in [1.807, 2.05) is 24.4 Å². The van der Waals surface area contributed by atoms with Gasteiger partial charge in [-0.05, 0) is 31.5 Å². The predicted molar refractivity (Wildman–Crippen MR) is 101 cm³/mol. The molecule has 1 aromatic heterocycles. The summed E-state index contributed by atoms with van der Waals surface area (Å²) in [5, 5.41) is 0. The molecule has 6 nitrogen and oxygen atoms in total. The highest BCUT2D eigenvalue weighted by atomic mass is 16.5. The number of nitrogens with zero attached hydrogens (tertiary/aromatic N) is 3. The van der Waals surface area contributed by atoms with Gasteiger partial charge in [0.15, 0.2) is 11.5 Å². The second-order valence-corrected chi connectivity index (χ2v) is 7.10. The third kappa shape index (κ3) is 3.29. The summed E-state index contributed by atoms with van der Waals surface area (Å²) < 4.78 is 16.6. The fourth-order valence-corrected chi connectivity index (χ4v) is 4.05. The van der Waals surface area contributed by atoms with Crippen LogP contribution in [-0.2, 0) is 0 Å². The number of likely N-dealkylation sites (tertiary alicyclic amines) is 1. The molecule has 3 heterocycles. The molecular formula is C20H25N3O3. The molecule has 2 bridgehead atoms. The number of benzene rings is 1. The van der Waals surface area contributed by atoms with Crippen LogP contribution in [0.5, 0.6) is 23.0 Å². The SMILES string of the molecule is COc1ccc(Oc2cncc(N3CC4CC(C3)N(C)C4)c2)cc1OC. The summed E-state index contributed by atoms with van der Waals surface area (Å²) in [6.07, 6.45) is 4.97. The number of piperidine rings is 1. The molecule has 2 aliphatic rings. The third-order valence-corrected chi connectivity index (χ3v) is 5.34. The van der Waals surface area contributed by atoms with Gasteiger partial charge in [-0.25, -0.2) is 0 Å². The molecule has 2 atom stereocenters. The van der Waals surface area contributed by atoms with Crippen molar-refractivity contribution >= 4 is 5.69 Å². The number of anilines is 1. The van der Waals surface area contributed by atoms with Crippen LogP contribution in [0.1, 0.15) is 6.42 Å². The van der Waals surface area contributed by atoms with Gasteiger partial charge in [0.1, 0.15) is 11.5 Å². The van der Waals surface area contributed by atoms with Crippen LogP contribution in [0.25, 0.3) is 0 Å². The zero-order chi connectivity index (χ0) is 18.1. The number of rotatable bonds is 5. The lowest BCUT2D eigenvalue weighted by atomic mass is 9.99. The van der Waals surface area contributed by atoms with Gasteiger partial charge < -0.3 is 24.0 Å². The van der Waals surface area contributed by atoms with Crippen molar-refractivity contribution in [3.8, 4) is 23.0 Å². The Hall–Kier alpha value is -2.47. The Morgan fingerprint density at radius 3 is 2.58 bits per heavy atom. The first-order valence-corrected chi connectivity index (χ1v) is 8.96. The van der Waals surface area contributed by atoms with Crippen molar-refractivity contribution in [1.82, 2.24) is 9.88 Å². The van der Waals surface area contributed by atoms with Crippen molar-refractivity contribution < 1.29 is 14.2 Å². The first-order chi connectivity index (χ1) is 12.7. The highest BCUT2D eigenvalue weighted by molar-refractivity contribution is 5.51. The summed E-state index contributed by atoms with van der Waals surface area (Å²) in [7, 11) is 5.46. The van der Waals surface area contributed by atoms with E-state index < -0.39 is 0 Å². The Morgan fingerprint density at radius 1 is 0.962 bits per heavy atom. The highest BCUT2D eigenvalue weighted by Gasteiger charge is 2.36. The predicted octanol–water partition coefficient (Wildman–Crippen LogP) is 3.03. The molecule has 1 aromatic carbocycles. The van der Waals surface area contributed by atoms with E-state index in [0.29, 0.717) is 23.3 Å². The van der Waals surface area contributed by atoms with E-state index in [2.05, 4.69) is 27.9 Å². The van der Waals surface area contributed by atoms with Crippen molar-refractivity contribution in [2.45, 2.75) is 12.5 Å². The molecule has 0 amide bonds. The van der Waals surface area contributed by atoms with E-state index in [1.165, 1.54) is 13.0 Å². The molecule has 2 fully saturated rings. The van der Waals surface area contributed by atoms with Crippen LogP contribution in [0.15, 0.2) is 36.7 Å². The van der Waals surface area contributed by atoms with Crippen LogP contribution >= 0.6 is 0 Å². The highest BCUT2D eigenvalue weighted by Crippen LogP contribution is 2.35. The van der Waals surface area contributed by atoms with Crippen molar-refractivity contribution in [2.75, 3.05) is 45.8 Å². The average molecular weight is 355 g/mol. The van der Waals surface area contributed by atoms with Gasteiger partial charge in [-0.2, -0.15) is 0 Å². The van der Waals surface area contributed by atoms with E-state index in [0.717, 1.165) is 30.4 Å². The second kappa shape index (κ2) is 7.03. The maximum Gasteiger partial charge on any atom is 0.164 e. The number of hydrogen-bond acceptors (Lipinski definition) is 6. The minimum atomic E-state index is 0.643. The number of pyridine rings is 1. The number of ether oxygens (including phenoxy) is 3. The molecule has 0 aliphatic carbocycles. The van der Waals surface area contributed by atoms with Crippen LogP contribution in [0, 0.1) is 5.92 Å². The molecule has 26 heavy (non-hydrogen) atoms. The number of hydrogen-bond donors (Lipinski definition) is 0. The second-order valence-electron chi connectivity index (χ2n) is 7.10. The quantitative estimate of drug-likeness (QED) is 0.822. The number of fused-ring (bicyclic) bond motifs is 2. The first kappa shape index (κ1) is 17.0. The lowest BCUT2D eigenvalue weighted by molar-refractivity contribution is 0.317. The standard InChI is InChI=1S/C20H25N3O3/c1-22-11-14-6-16(22)13-23(12-14)15-7-18(10-21-9-15)26-17-4-5-19(24-2)20(8-17)25-3/h4-5,7-10,14,16H,6,11-13H2,1-3H3. The minimum Gasteiger partial charge on any atom is -0.493 e. The van der Waals surface area contributed by atoms with Crippen LogP contribution in [0.4, 0.5) is 5.69 Å². The van der Waals surface area contributed by atoms with Gasteiger partial charge in [0, 0.05) is 37.8 Å². The van der Waals surface area contributed by atoms with E-state index in [1.54, 1.807) is 20.4 Å². The van der Waals surface area contributed by atoms with Gasteiger partial charge in [0.05, 0.1) is 32.3 Å². The van der Waals surface area contributed by atoms with E-state index in [-0.39, 0.29) is 0 Å². The fraction of sp³-hybridized carbons (Fsp3) is 0.450. The maximum atomic E-state index is 6.01. The monoisotopic (exact) mass is 355 g/mol. The number of likely N-dealkylation sites (N-methyl/N-ethyl adjacent to an activating group) is 1. The molecule has 2 unspecified atom stereocenters. The van der Waals surface area contributed by atoms with Crippen LogP contribution in [0.3, 0.4) is 0 Å². The molecule has 6 heteroatoms. The van der Waals surface area contributed by atoms with E-state index in [9.17, 15) is 0 Å². The Bertz CT molecular complexity index is 781.